The summed E-state index contributed by atoms with van der Waals surface area (Å²) in [6, 6.07) is 11.8. The third-order valence-corrected chi connectivity index (χ3v) is 5.70. The molecule has 3 rings (SSSR count). The third kappa shape index (κ3) is 5.58. The highest BCUT2D eigenvalue weighted by Crippen LogP contribution is 2.37. The van der Waals surface area contributed by atoms with Gasteiger partial charge in [0.25, 0.3) is 5.91 Å². The lowest BCUT2D eigenvalue weighted by atomic mass is 9.94. The Kier molecular flexibility index (Phi) is 7.85. The molecule has 0 aliphatic heterocycles. The number of ether oxygens (including phenoxy) is 1. The summed E-state index contributed by atoms with van der Waals surface area (Å²) < 4.78 is 44.6. The van der Waals surface area contributed by atoms with Crippen LogP contribution < -0.4 is 9.64 Å². The largest absolute Gasteiger partial charge is 0.495 e. The number of hydrogen-bond donors (Lipinski definition) is 1. The number of nitrogens with zero attached hydrogens (tertiary/aromatic N) is 3. The Bertz CT molecular complexity index is 1370. The van der Waals surface area contributed by atoms with E-state index in [4.69, 9.17) is 21.4 Å². The average Bonchev–Trinajstić information content (AvgIpc) is 2.85. The van der Waals surface area contributed by atoms with E-state index in [0.29, 0.717) is 23.1 Å². The molecule has 0 bridgehead atoms. The summed E-state index contributed by atoms with van der Waals surface area (Å²) in [6.45, 7) is 0. The minimum absolute atomic E-state index is 0.00530. The number of carbonyl (C=O) groups is 2. The smallest absolute Gasteiger partial charge is 0.433 e. The molecule has 0 spiro atoms. The molecule has 1 N–H and O–H groups in total. The maximum absolute atomic E-state index is 13.6. The quantitative estimate of drug-likeness (QED) is 0.438. The highest BCUT2D eigenvalue weighted by atomic mass is 35.5. The normalized spacial score (nSPS) is 11.0. The molecule has 0 fully saturated rings. The van der Waals surface area contributed by atoms with Crippen molar-refractivity contribution < 1.29 is 32.6 Å². The molecule has 1 heterocycles. The van der Waals surface area contributed by atoms with E-state index >= 15 is 0 Å². The summed E-state index contributed by atoms with van der Waals surface area (Å²) in [6.07, 6.45) is -4.21. The van der Waals surface area contributed by atoms with Crippen molar-refractivity contribution in [3.05, 3.63) is 76.1 Å². The average molecular weight is 518 g/mol. The van der Waals surface area contributed by atoms with Crippen LogP contribution in [-0.4, -0.2) is 36.1 Å². The molecule has 0 aliphatic rings. The zero-order chi connectivity index (χ0) is 26.6. The molecule has 0 radical (unpaired) electrons. The Balaban J connectivity index is 2.18. The first-order valence-electron chi connectivity index (χ1n) is 10.4. The number of carboxylic acid groups (broad SMARTS) is 1. The van der Waals surface area contributed by atoms with Gasteiger partial charge in [-0.1, -0.05) is 23.7 Å². The van der Waals surface area contributed by atoms with Crippen LogP contribution in [0.25, 0.3) is 11.1 Å². The van der Waals surface area contributed by atoms with Crippen LogP contribution in [0.2, 0.25) is 5.02 Å². The van der Waals surface area contributed by atoms with Crippen molar-refractivity contribution in [2.75, 3.05) is 19.1 Å². The number of pyridine rings is 1. The van der Waals surface area contributed by atoms with E-state index < -0.39 is 23.7 Å². The molecule has 2 aromatic carbocycles. The molecule has 3 aromatic rings. The van der Waals surface area contributed by atoms with E-state index in [2.05, 4.69) is 4.98 Å². The number of halogens is 4. The molecular weight excluding hydrogens is 499 g/mol. The lowest BCUT2D eigenvalue weighted by Gasteiger charge is -2.22. The molecule has 0 unspecified atom stereocenters. The topological polar surface area (TPSA) is 104 Å². The van der Waals surface area contributed by atoms with Gasteiger partial charge in [0, 0.05) is 41.4 Å². The van der Waals surface area contributed by atoms with Crippen LogP contribution in [0.15, 0.2) is 48.7 Å². The second-order valence-electron chi connectivity index (χ2n) is 7.64. The lowest BCUT2D eigenvalue weighted by molar-refractivity contribution is -0.141. The van der Waals surface area contributed by atoms with Crippen molar-refractivity contribution in [3.8, 4) is 22.9 Å². The molecule has 1 aromatic heterocycles. The lowest BCUT2D eigenvalue weighted by Crippen LogP contribution is -2.28. The van der Waals surface area contributed by atoms with Crippen molar-refractivity contribution >= 4 is 29.2 Å². The van der Waals surface area contributed by atoms with Crippen LogP contribution in [0.5, 0.6) is 5.75 Å². The summed E-state index contributed by atoms with van der Waals surface area (Å²) in [7, 11) is 2.94. The number of carboxylic acids is 1. The summed E-state index contributed by atoms with van der Waals surface area (Å²) >= 11 is 6.41. The monoisotopic (exact) mass is 517 g/mol. The van der Waals surface area contributed by atoms with Crippen LogP contribution in [0, 0.1) is 11.3 Å². The molecule has 186 valence electrons. The van der Waals surface area contributed by atoms with E-state index in [0.717, 1.165) is 6.20 Å². The van der Waals surface area contributed by atoms with Gasteiger partial charge in [-0.3, -0.25) is 14.6 Å². The molecule has 7 nitrogen and oxygen atoms in total. The molecule has 0 saturated carbocycles. The SMILES string of the molecule is COc1ccccc1N(C)C(=O)c1cc(-c2cnc(C(F)(F)F)cc2C#N)c(Cl)cc1CCC(=O)O. The summed E-state index contributed by atoms with van der Waals surface area (Å²) in [4.78, 5) is 29.5. The molecule has 36 heavy (non-hydrogen) atoms. The third-order valence-electron chi connectivity index (χ3n) is 5.39. The molecular formula is C25H19ClF3N3O4. The van der Waals surface area contributed by atoms with Crippen molar-refractivity contribution in [3.63, 3.8) is 0 Å². The first-order valence-corrected chi connectivity index (χ1v) is 10.8. The minimum Gasteiger partial charge on any atom is -0.495 e. The Labute approximate surface area is 209 Å². The predicted octanol–water partition coefficient (Wildman–Crippen LogP) is 5.59. The molecule has 11 heteroatoms. The zero-order valence-corrected chi connectivity index (χ0v) is 19.8. The van der Waals surface area contributed by atoms with Crippen LogP contribution in [-0.2, 0) is 17.4 Å². The first-order chi connectivity index (χ1) is 17.0. The van der Waals surface area contributed by atoms with Gasteiger partial charge in [0.2, 0.25) is 0 Å². The standard InChI is InChI=1S/C25H19ClF3N3O4/c1-32(20-5-3-4-6-21(20)36-2)24(35)16-11-17(19(26)9-14(16)7-8-23(33)34)18-13-31-22(25(27,28)29)10-15(18)12-30/h3-6,9-11,13H,7-8H2,1-2H3,(H,33,34). The Morgan fingerprint density at radius 3 is 2.50 bits per heavy atom. The number of anilines is 1. The van der Waals surface area contributed by atoms with Gasteiger partial charge >= 0.3 is 12.1 Å². The van der Waals surface area contributed by atoms with Gasteiger partial charge in [0.15, 0.2) is 0 Å². The second kappa shape index (κ2) is 10.7. The molecule has 1 amide bonds. The van der Waals surface area contributed by atoms with Crippen LogP contribution in [0.1, 0.15) is 33.6 Å². The number of aliphatic carboxylic acids is 1. The number of hydrogen-bond acceptors (Lipinski definition) is 5. The highest BCUT2D eigenvalue weighted by molar-refractivity contribution is 6.33. The number of rotatable bonds is 7. The van der Waals surface area contributed by atoms with E-state index in [1.165, 1.54) is 31.2 Å². The zero-order valence-electron chi connectivity index (χ0n) is 19.1. The number of para-hydroxylation sites is 2. The van der Waals surface area contributed by atoms with Gasteiger partial charge in [-0.2, -0.15) is 18.4 Å². The summed E-state index contributed by atoms with van der Waals surface area (Å²) in [5.74, 6) is -1.23. The van der Waals surface area contributed by atoms with Crippen molar-refractivity contribution in [2.45, 2.75) is 19.0 Å². The van der Waals surface area contributed by atoms with Crippen LogP contribution in [0.4, 0.5) is 18.9 Å². The fourth-order valence-corrected chi connectivity index (χ4v) is 3.87. The number of aryl methyl sites for hydroxylation is 1. The minimum atomic E-state index is -4.76. The number of amides is 1. The Hall–Kier alpha value is -4.10. The van der Waals surface area contributed by atoms with Crippen molar-refractivity contribution in [2.24, 2.45) is 0 Å². The number of carbonyl (C=O) groups excluding carboxylic acids is 1. The van der Waals surface area contributed by atoms with E-state index in [1.54, 1.807) is 30.3 Å². The van der Waals surface area contributed by atoms with Crippen molar-refractivity contribution in [1.29, 1.82) is 5.26 Å². The first kappa shape index (κ1) is 26.5. The number of benzene rings is 2. The molecule has 0 saturated heterocycles. The Morgan fingerprint density at radius 2 is 1.89 bits per heavy atom. The van der Waals surface area contributed by atoms with Crippen LogP contribution >= 0.6 is 11.6 Å². The predicted molar refractivity (Wildman–Crippen MR) is 126 cm³/mol. The number of aromatic nitrogens is 1. The fourth-order valence-electron chi connectivity index (χ4n) is 3.58. The van der Waals surface area contributed by atoms with E-state index in [1.807, 2.05) is 0 Å². The van der Waals surface area contributed by atoms with E-state index in [-0.39, 0.29) is 40.1 Å². The number of methoxy groups -OCH3 is 1. The van der Waals surface area contributed by atoms with E-state index in [9.17, 15) is 28.0 Å². The van der Waals surface area contributed by atoms with Crippen LogP contribution in [0.3, 0.4) is 0 Å². The van der Waals surface area contributed by atoms with Gasteiger partial charge in [0.05, 0.1) is 24.4 Å². The molecule has 0 atom stereocenters. The van der Waals surface area contributed by atoms with Gasteiger partial charge in [-0.05, 0) is 42.3 Å². The maximum Gasteiger partial charge on any atom is 0.433 e. The van der Waals surface area contributed by atoms with Gasteiger partial charge in [-0.15, -0.1) is 0 Å². The second-order valence-corrected chi connectivity index (χ2v) is 8.05. The van der Waals surface area contributed by atoms with Gasteiger partial charge in [0.1, 0.15) is 11.4 Å². The summed E-state index contributed by atoms with van der Waals surface area (Å²) in [5, 5.41) is 18.7. The highest BCUT2D eigenvalue weighted by Gasteiger charge is 2.33. The molecule has 0 aliphatic carbocycles. The maximum atomic E-state index is 13.6. The van der Waals surface area contributed by atoms with Gasteiger partial charge < -0.3 is 14.7 Å². The number of nitriles is 1. The number of alkyl halides is 3. The fraction of sp³-hybridized carbons (Fsp3) is 0.200. The summed E-state index contributed by atoms with van der Waals surface area (Å²) in [5.41, 5.74) is -0.679. The Morgan fingerprint density at radius 1 is 1.19 bits per heavy atom. The van der Waals surface area contributed by atoms with Crippen molar-refractivity contribution in [1.82, 2.24) is 4.98 Å². The van der Waals surface area contributed by atoms with Gasteiger partial charge in [-0.25, -0.2) is 0 Å².